The van der Waals surface area contributed by atoms with E-state index in [9.17, 15) is 10.2 Å². The topological polar surface area (TPSA) is 82.0 Å². The van der Waals surface area contributed by atoms with Gasteiger partial charge in [-0.3, -0.25) is 0 Å². The van der Waals surface area contributed by atoms with E-state index in [1.54, 1.807) is 0 Å². The smallest absolute Gasteiger partial charge is 0.110 e. The van der Waals surface area contributed by atoms with E-state index in [2.05, 4.69) is 5.32 Å². The molecule has 0 aromatic heterocycles. The van der Waals surface area contributed by atoms with Crippen molar-refractivity contribution in [3.63, 3.8) is 0 Å². The first-order valence-electron chi connectivity index (χ1n) is 4.52. The predicted octanol–water partition coefficient (Wildman–Crippen LogP) is -1.92. The number of ether oxygens (including phenoxy) is 1. The van der Waals surface area contributed by atoms with E-state index in [1.165, 1.54) is 0 Å². The minimum absolute atomic E-state index is 0.247. The molecule has 0 amide bonds. The first kappa shape index (κ1) is 10.9. The van der Waals surface area contributed by atoms with Gasteiger partial charge in [-0.1, -0.05) is 6.92 Å². The third-order valence-corrected chi connectivity index (χ3v) is 2.28. The number of nitrogens with one attached hydrogen (secondary N) is 1. The first-order valence-corrected chi connectivity index (χ1v) is 4.52. The summed E-state index contributed by atoms with van der Waals surface area (Å²) in [6.45, 7) is 2.67. The van der Waals surface area contributed by atoms with Crippen molar-refractivity contribution in [2.75, 3.05) is 19.8 Å². The molecule has 1 fully saturated rings. The molecule has 4 unspecified atom stereocenters. The molecule has 5 heteroatoms. The van der Waals surface area contributed by atoms with Crippen LogP contribution in [0.2, 0.25) is 0 Å². The van der Waals surface area contributed by atoms with Crippen LogP contribution in [0.25, 0.3) is 0 Å². The molecule has 0 bridgehead atoms. The van der Waals surface area contributed by atoms with Gasteiger partial charge in [-0.05, 0) is 6.54 Å². The summed E-state index contributed by atoms with van der Waals surface area (Å²) >= 11 is 0. The summed E-state index contributed by atoms with van der Waals surface area (Å²) in [5.74, 6) is 0. The Hall–Kier alpha value is -0.200. The SMILES string of the molecule is CCNC1COC(CO)C(O)C1O. The van der Waals surface area contributed by atoms with Crippen molar-refractivity contribution in [3.05, 3.63) is 0 Å². The van der Waals surface area contributed by atoms with Crippen LogP contribution in [0.4, 0.5) is 0 Å². The van der Waals surface area contributed by atoms with Gasteiger partial charge in [-0.25, -0.2) is 0 Å². The highest BCUT2D eigenvalue weighted by Crippen LogP contribution is 2.14. The van der Waals surface area contributed by atoms with Crippen molar-refractivity contribution in [1.82, 2.24) is 5.32 Å². The summed E-state index contributed by atoms with van der Waals surface area (Å²) in [5.41, 5.74) is 0. The molecule has 78 valence electrons. The van der Waals surface area contributed by atoms with Crippen molar-refractivity contribution in [2.45, 2.75) is 31.3 Å². The third kappa shape index (κ3) is 2.38. The second-order valence-electron chi connectivity index (χ2n) is 3.20. The molecule has 0 aliphatic carbocycles. The monoisotopic (exact) mass is 191 g/mol. The van der Waals surface area contributed by atoms with Gasteiger partial charge >= 0.3 is 0 Å². The fraction of sp³-hybridized carbons (Fsp3) is 1.00. The lowest BCUT2D eigenvalue weighted by molar-refractivity contribution is -0.161. The summed E-state index contributed by atoms with van der Waals surface area (Å²) < 4.78 is 5.15. The molecule has 13 heavy (non-hydrogen) atoms. The normalized spacial score (nSPS) is 40.6. The fourth-order valence-corrected chi connectivity index (χ4v) is 1.48. The summed E-state index contributed by atoms with van der Waals surface area (Å²) in [6, 6.07) is -0.247. The maximum atomic E-state index is 9.57. The molecule has 0 aromatic carbocycles. The van der Waals surface area contributed by atoms with Crippen molar-refractivity contribution in [2.24, 2.45) is 0 Å². The molecule has 0 aromatic rings. The second-order valence-corrected chi connectivity index (χ2v) is 3.20. The van der Waals surface area contributed by atoms with Crippen LogP contribution in [0.3, 0.4) is 0 Å². The molecule has 4 atom stereocenters. The molecule has 1 heterocycles. The molecular formula is C8H17NO4. The summed E-state index contributed by atoms with van der Waals surface area (Å²) in [5, 5.41) is 30.8. The fourth-order valence-electron chi connectivity index (χ4n) is 1.48. The van der Waals surface area contributed by atoms with E-state index in [0.717, 1.165) is 0 Å². The van der Waals surface area contributed by atoms with Crippen LogP contribution < -0.4 is 5.32 Å². The number of likely N-dealkylation sites (N-methyl/N-ethyl adjacent to an activating group) is 1. The molecule has 1 aliphatic heterocycles. The van der Waals surface area contributed by atoms with Crippen molar-refractivity contribution in [1.29, 1.82) is 0 Å². The number of aliphatic hydroxyl groups excluding tert-OH is 3. The predicted molar refractivity (Wildman–Crippen MR) is 46.3 cm³/mol. The van der Waals surface area contributed by atoms with Crippen LogP contribution in [-0.2, 0) is 4.74 Å². The van der Waals surface area contributed by atoms with Gasteiger partial charge in [0.2, 0.25) is 0 Å². The minimum atomic E-state index is -1.01. The average Bonchev–Trinajstić information content (AvgIpc) is 2.14. The Kier molecular flexibility index (Phi) is 4.08. The van der Waals surface area contributed by atoms with Crippen LogP contribution in [-0.4, -0.2) is 59.4 Å². The minimum Gasteiger partial charge on any atom is -0.394 e. The van der Waals surface area contributed by atoms with Crippen LogP contribution in [0.5, 0.6) is 0 Å². The van der Waals surface area contributed by atoms with Crippen LogP contribution in [0.15, 0.2) is 0 Å². The molecule has 1 saturated heterocycles. The van der Waals surface area contributed by atoms with Crippen molar-refractivity contribution < 1.29 is 20.1 Å². The van der Waals surface area contributed by atoms with E-state index < -0.39 is 18.3 Å². The zero-order valence-electron chi connectivity index (χ0n) is 7.68. The summed E-state index contributed by atoms with van der Waals surface area (Å²) in [7, 11) is 0. The van der Waals surface area contributed by atoms with Gasteiger partial charge in [0.1, 0.15) is 18.3 Å². The Morgan fingerprint density at radius 3 is 2.62 bits per heavy atom. The van der Waals surface area contributed by atoms with Gasteiger partial charge in [0, 0.05) is 0 Å². The lowest BCUT2D eigenvalue weighted by Crippen LogP contribution is -2.58. The van der Waals surface area contributed by atoms with E-state index in [1.807, 2.05) is 6.92 Å². The van der Waals surface area contributed by atoms with Gasteiger partial charge in [-0.15, -0.1) is 0 Å². The Bertz CT molecular complexity index is 153. The van der Waals surface area contributed by atoms with Crippen molar-refractivity contribution >= 4 is 0 Å². The average molecular weight is 191 g/mol. The van der Waals surface area contributed by atoms with E-state index in [0.29, 0.717) is 13.2 Å². The third-order valence-electron chi connectivity index (χ3n) is 2.28. The highest BCUT2D eigenvalue weighted by Gasteiger charge is 2.37. The maximum Gasteiger partial charge on any atom is 0.110 e. The summed E-state index contributed by atoms with van der Waals surface area (Å²) in [4.78, 5) is 0. The maximum absolute atomic E-state index is 9.57. The van der Waals surface area contributed by atoms with E-state index in [4.69, 9.17) is 9.84 Å². The van der Waals surface area contributed by atoms with Crippen LogP contribution in [0, 0.1) is 0 Å². The van der Waals surface area contributed by atoms with Gasteiger partial charge in [0.25, 0.3) is 0 Å². The zero-order chi connectivity index (χ0) is 9.84. The first-order chi connectivity index (χ1) is 6.20. The standard InChI is InChI=1S/C8H17NO4/c1-2-9-5-4-13-6(3-10)8(12)7(5)11/h5-12H,2-4H2,1H3. The highest BCUT2D eigenvalue weighted by atomic mass is 16.5. The number of hydrogen-bond acceptors (Lipinski definition) is 5. The van der Waals surface area contributed by atoms with Crippen LogP contribution in [0.1, 0.15) is 6.92 Å². The molecule has 0 radical (unpaired) electrons. The molecular weight excluding hydrogens is 174 g/mol. The molecule has 0 spiro atoms. The van der Waals surface area contributed by atoms with E-state index >= 15 is 0 Å². The quantitative estimate of drug-likeness (QED) is 0.418. The zero-order valence-corrected chi connectivity index (χ0v) is 7.68. The van der Waals surface area contributed by atoms with Gasteiger partial charge in [-0.2, -0.15) is 0 Å². The number of aliphatic hydroxyl groups is 3. The lowest BCUT2D eigenvalue weighted by atomic mass is 9.98. The molecule has 5 nitrogen and oxygen atoms in total. The molecule has 1 aliphatic rings. The summed E-state index contributed by atoms with van der Waals surface area (Å²) in [6.07, 6.45) is -2.54. The van der Waals surface area contributed by atoms with Gasteiger partial charge in [0.15, 0.2) is 0 Å². The molecule has 0 saturated carbocycles. The number of hydrogen-bond donors (Lipinski definition) is 4. The molecule has 4 N–H and O–H groups in total. The number of rotatable bonds is 3. The Morgan fingerprint density at radius 2 is 2.08 bits per heavy atom. The van der Waals surface area contributed by atoms with Gasteiger partial charge < -0.3 is 25.4 Å². The second kappa shape index (κ2) is 4.88. The van der Waals surface area contributed by atoms with Gasteiger partial charge in [0.05, 0.1) is 19.3 Å². The van der Waals surface area contributed by atoms with Crippen LogP contribution >= 0.6 is 0 Å². The molecule has 1 rings (SSSR count). The Balaban J connectivity index is 2.48. The largest absolute Gasteiger partial charge is 0.394 e. The van der Waals surface area contributed by atoms with Crippen molar-refractivity contribution in [3.8, 4) is 0 Å². The Morgan fingerprint density at radius 1 is 1.38 bits per heavy atom. The lowest BCUT2D eigenvalue weighted by Gasteiger charge is -2.37. The highest BCUT2D eigenvalue weighted by molar-refractivity contribution is 4.90. The van der Waals surface area contributed by atoms with E-state index in [-0.39, 0.29) is 12.6 Å². The Labute approximate surface area is 77.3 Å².